The van der Waals surface area contributed by atoms with Crippen LogP contribution in [-0.4, -0.2) is 57.9 Å². The molecule has 1 fully saturated rings. The molecule has 3 rings (SSSR count). The Morgan fingerprint density at radius 3 is 2.46 bits per heavy atom. The molecule has 1 N–H and O–H groups in total. The summed E-state index contributed by atoms with van der Waals surface area (Å²) in [5, 5.41) is 20.5. The highest BCUT2D eigenvalue weighted by Gasteiger charge is 2.42. The number of hydrogen-bond donors (Lipinski definition) is 1. The number of nitrogens with zero attached hydrogens (tertiary/aromatic N) is 3. The summed E-state index contributed by atoms with van der Waals surface area (Å²) < 4.78 is 0. The number of rotatable bonds is 6. The predicted octanol–water partition coefficient (Wildman–Crippen LogP) is 2.03. The largest absolute Gasteiger partial charge is 0.396 e. The zero-order chi connectivity index (χ0) is 20.4. The summed E-state index contributed by atoms with van der Waals surface area (Å²) in [5.74, 6) is -0.516. The Morgan fingerprint density at radius 1 is 1.21 bits per heavy atom. The molecule has 2 aliphatic heterocycles. The monoisotopic (exact) mass is 387 g/mol. The van der Waals surface area contributed by atoms with Gasteiger partial charge in [-0.2, -0.15) is 0 Å². The molecule has 2 aliphatic rings. The fourth-order valence-electron chi connectivity index (χ4n) is 3.81. The molecule has 0 spiro atoms. The number of likely N-dealkylation sites (tertiary alicyclic amines) is 1. The summed E-state index contributed by atoms with van der Waals surface area (Å²) in [6, 6.07) is 5.72. The first-order chi connectivity index (χ1) is 13.3. The highest BCUT2D eigenvalue weighted by molar-refractivity contribution is 6.35. The van der Waals surface area contributed by atoms with E-state index in [9.17, 15) is 24.8 Å². The van der Waals surface area contributed by atoms with E-state index < -0.39 is 4.92 Å². The molecule has 0 bridgehead atoms. The highest BCUT2D eigenvalue weighted by Crippen LogP contribution is 2.34. The smallest absolute Gasteiger partial charge is 0.277 e. The van der Waals surface area contributed by atoms with E-state index in [1.165, 1.54) is 29.2 Å². The summed E-state index contributed by atoms with van der Waals surface area (Å²) in [6.07, 6.45) is 1.71. The number of nitro groups is 1. The number of hydrogen-bond acceptors (Lipinski definition) is 6. The van der Waals surface area contributed by atoms with Crippen LogP contribution in [0.2, 0.25) is 0 Å². The summed E-state index contributed by atoms with van der Waals surface area (Å²) in [6.45, 7) is 5.37. The van der Waals surface area contributed by atoms with E-state index >= 15 is 0 Å². The Morgan fingerprint density at radius 2 is 1.89 bits per heavy atom. The quantitative estimate of drug-likeness (QED) is 0.455. The van der Waals surface area contributed by atoms with Crippen LogP contribution >= 0.6 is 0 Å². The third kappa shape index (κ3) is 3.77. The highest BCUT2D eigenvalue weighted by atomic mass is 16.6. The van der Waals surface area contributed by atoms with Gasteiger partial charge in [0.15, 0.2) is 0 Å². The van der Waals surface area contributed by atoms with Gasteiger partial charge in [0.05, 0.1) is 10.5 Å². The number of non-ortho nitro benzene ring substituents is 1. The van der Waals surface area contributed by atoms with Crippen LogP contribution in [0.3, 0.4) is 0 Å². The standard InChI is InChI=1S/C20H25N3O5/c1-13(2)10-22-19(25)17(15-5-7-16(8-6-15)23(27)28)18(20(22)26)21-9-3-4-14(11-21)12-24/h5-8,13-14,24H,3-4,9-12H2,1-2H3. The van der Waals surface area contributed by atoms with Gasteiger partial charge in [-0.25, -0.2) is 0 Å². The lowest BCUT2D eigenvalue weighted by Gasteiger charge is -2.34. The van der Waals surface area contributed by atoms with Crippen LogP contribution in [0.1, 0.15) is 32.3 Å². The Hall–Kier alpha value is -2.74. The van der Waals surface area contributed by atoms with Crippen LogP contribution in [0, 0.1) is 22.0 Å². The zero-order valence-electron chi connectivity index (χ0n) is 16.1. The fraction of sp³-hybridized carbons (Fsp3) is 0.500. The number of amides is 2. The average Bonchev–Trinajstić information content (AvgIpc) is 2.92. The Bertz CT molecular complexity index is 816. The van der Waals surface area contributed by atoms with Crippen LogP contribution in [0.4, 0.5) is 5.69 Å². The van der Waals surface area contributed by atoms with Gasteiger partial charge >= 0.3 is 0 Å². The van der Waals surface area contributed by atoms with Crippen molar-refractivity contribution in [2.75, 3.05) is 26.2 Å². The number of imide groups is 1. The molecule has 1 unspecified atom stereocenters. The Labute approximate surface area is 163 Å². The van der Waals surface area contributed by atoms with Gasteiger partial charge in [0.1, 0.15) is 5.70 Å². The molecule has 0 aliphatic carbocycles. The molecule has 1 saturated heterocycles. The fourth-order valence-corrected chi connectivity index (χ4v) is 3.81. The lowest BCUT2D eigenvalue weighted by molar-refractivity contribution is -0.384. The second-order valence-electron chi connectivity index (χ2n) is 7.78. The van der Waals surface area contributed by atoms with E-state index in [0.29, 0.717) is 36.5 Å². The third-order valence-electron chi connectivity index (χ3n) is 5.15. The Balaban J connectivity index is 2.04. The van der Waals surface area contributed by atoms with Gasteiger partial charge < -0.3 is 10.0 Å². The summed E-state index contributed by atoms with van der Waals surface area (Å²) in [5.41, 5.74) is 1.06. The maximum Gasteiger partial charge on any atom is 0.277 e. The molecule has 8 nitrogen and oxygen atoms in total. The van der Waals surface area contributed by atoms with Crippen molar-refractivity contribution < 1.29 is 19.6 Å². The maximum atomic E-state index is 13.1. The van der Waals surface area contributed by atoms with Gasteiger partial charge in [-0.3, -0.25) is 24.6 Å². The van der Waals surface area contributed by atoms with E-state index in [1.54, 1.807) is 0 Å². The van der Waals surface area contributed by atoms with E-state index in [0.717, 1.165) is 12.8 Å². The number of carbonyl (C=O) groups is 2. The van der Waals surface area contributed by atoms with Crippen molar-refractivity contribution in [2.45, 2.75) is 26.7 Å². The predicted molar refractivity (Wildman–Crippen MR) is 103 cm³/mol. The lowest BCUT2D eigenvalue weighted by Crippen LogP contribution is -2.41. The number of nitro benzene ring substituents is 1. The minimum Gasteiger partial charge on any atom is -0.396 e. The van der Waals surface area contributed by atoms with E-state index in [4.69, 9.17) is 0 Å². The van der Waals surface area contributed by atoms with E-state index in [-0.39, 0.29) is 35.9 Å². The molecule has 1 aromatic carbocycles. The number of piperidine rings is 1. The average molecular weight is 387 g/mol. The van der Waals surface area contributed by atoms with Gasteiger partial charge in [-0.05, 0) is 42.4 Å². The normalized spacial score (nSPS) is 20.5. The molecule has 2 heterocycles. The minimum atomic E-state index is -0.498. The van der Waals surface area contributed by atoms with Crippen LogP contribution in [0.25, 0.3) is 5.57 Å². The summed E-state index contributed by atoms with van der Waals surface area (Å²) >= 11 is 0. The van der Waals surface area contributed by atoms with Crippen molar-refractivity contribution in [1.82, 2.24) is 9.80 Å². The summed E-state index contributed by atoms with van der Waals surface area (Å²) in [4.78, 5) is 39.8. The van der Waals surface area contributed by atoms with E-state index in [1.807, 2.05) is 18.7 Å². The first-order valence-electron chi connectivity index (χ1n) is 9.54. The second kappa shape index (κ2) is 8.10. The molecule has 8 heteroatoms. The van der Waals surface area contributed by atoms with Gasteiger partial charge in [0.2, 0.25) is 0 Å². The van der Waals surface area contributed by atoms with Crippen molar-refractivity contribution >= 4 is 23.1 Å². The van der Waals surface area contributed by atoms with Crippen LogP contribution in [-0.2, 0) is 9.59 Å². The first-order valence-corrected chi connectivity index (χ1v) is 9.54. The topological polar surface area (TPSA) is 104 Å². The van der Waals surface area contributed by atoms with Crippen LogP contribution in [0.5, 0.6) is 0 Å². The van der Waals surface area contributed by atoms with Crippen LogP contribution in [0.15, 0.2) is 30.0 Å². The molecular formula is C20H25N3O5. The van der Waals surface area contributed by atoms with Gasteiger partial charge in [-0.15, -0.1) is 0 Å². The number of aliphatic hydroxyl groups is 1. The lowest BCUT2D eigenvalue weighted by atomic mass is 9.97. The molecule has 0 radical (unpaired) electrons. The third-order valence-corrected chi connectivity index (χ3v) is 5.15. The SMILES string of the molecule is CC(C)CN1C(=O)C(c2ccc([N+](=O)[O-])cc2)=C(N2CCCC(CO)C2)C1=O. The second-order valence-corrected chi connectivity index (χ2v) is 7.78. The van der Waals surface area contributed by atoms with Crippen molar-refractivity contribution in [2.24, 2.45) is 11.8 Å². The Kier molecular flexibility index (Phi) is 5.79. The number of carbonyl (C=O) groups excluding carboxylic acids is 2. The number of aliphatic hydroxyl groups excluding tert-OH is 1. The molecule has 1 aromatic rings. The molecule has 2 amide bonds. The minimum absolute atomic E-state index is 0.0362. The van der Waals surface area contributed by atoms with E-state index in [2.05, 4.69) is 0 Å². The van der Waals surface area contributed by atoms with Crippen molar-refractivity contribution in [3.8, 4) is 0 Å². The van der Waals surface area contributed by atoms with Gasteiger partial charge in [0, 0.05) is 38.4 Å². The maximum absolute atomic E-state index is 13.1. The summed E-state index contributed by atoms with van der Waals surface area (Å²) in [7, 11) is 0. The van der Waals surface area contributed by atoms with Crippen molar-refractivity contribution in [3.05, 3.63) is 45.6 Å². The van der Waals surface area contributed by atoms with Gasteiger partial charge in [-0.1, -0.05) is 13.8 Å². The molecule has 1 atom stereocenters. The molecular weight excluding hydrogens is 362 g/mol. The number of benzene rings is 1. The molecule has 0 aromatic heterocycles. The van der Waals surface area contributed by atoms with Crippen molar-refractivity contribution in [3.63, 3.8) is 0 Å². The molecule has 28 heavy (non-hydrogen) atoms. The molecule has 0 saturated carbocycles. The first kappa shape index (κ1) is 20.0. The van der Waals surface area contributed by atoms with Crippen molar-refractivity contribution in [1.29, 1.82) is 0 Å². The zero-order valence-corrected chi connectivity index (χ0v) is 16.1. The van der Waals surface area contributed by atoms with Crippen LogP contribution < -0.4 is 0 Å². The van der Waals surface area contributed by atoms with Gasteiger partial charge in [0.25, 0.3) is 17.5 Å². The molecule has 150 valence electrons.